The highest BCUT2D eigenvalue weighted by molar-refractivity contribution is 5.95. The van der Waals surface area contributed by atoms with Crippen LogP contribution in [0.15, 0.2) is 28.8 Å². The van der Waals surface area contributed by atoms with Crippen molar-refractivity contribution in [3.63, 3.8) is 0 Å². The molecule has 1 atom stereocenters. The Labute approximate surface area is 133 Å². The minimum atomic E-state index is -0.841. The van der Waals surface area contributed by atoms with Crippen LogP contribution >= 0.6 is 0 Å². The first-order chi connectivity index (χ1) is 11.1. The standard InChI is InChI=1S/C17H18F2N2O2/c1-11-10-15(23-20-11)14-8-3-2-4-9-21(14)17(22)16-12(18)6-5-7-13(16)19/h5-7,10,14H,2-4,8-9H2,1H3/t14-/m0/s1. The van der Waals surface area contributed by atoms with E-state index in [-0.39, 0.29) is 6.04 Å². The summed E-state index contributed by atoms with van der Waals surface area (Å²) in [6.07, 6.45) is 3.38. The Morgan fingerprint density at radius 1 is 1.26 bits per heavy atom. The van der Waals surface area contributed by atoms with Gasteiger partial charge in [-0.25, -0.2) is 8.78 Å². The topological polar surface area (TPSA) is 46.3 Å². The predicted octanol–water partition coefficient (Wildman–Crippen LogP) is 4.02. The summed E-state index contributed by atoms with van der Waals surface area (Å²) >= 11 is 0. The first-order valence-corrected chi connectivity index (χ1v) is 7.76. The van der Waals surface area contributed by atoms with Crippen LogP contribution in [0.4, 0.5) is 8.78 Å². The van der Waals surface area contributed by atoms with Gasteiger partial charge in [0, 0.05) is 12.6 Å². The monoisotopic (exact) mass is 320 g/mol. The Balaban J connectivity index is 1.98. The van der Waals surface area contributed by atoms with E-state index in [9.17, 15) is 13.6 Å². The fraction of sp³-hybridized carbons (Fsp3) is 0.412. The summed E-state index contributed by atoms with van der Waals surface area (Å²) in [5.41, 5.74) is 0.212. The van der Waals surface area contributed by atoms with Crippen molar-refractivity contribution in [1.29, 1.82) is 0 Å². The van der Waals surface area contributed by atoms with E-state index >= 15 is 0 Å². The van der Waals surface area contributed by atoms with Gasteiger partial charge in [0.25, 0.3) is 5.91 Å². The second kappa shape index (κ2) is 6.48. The summed E-state index contributed by atoms with van der Waals surface area (Å²) in [6.45, 7) is 2.24. The number of carbonyl (C=O) groups excluding carboxylic acids is 1. The van der Waals surface area contributed by atoms with E-state index in [4.69, 9.17) is 4.52 Å². The predicted molar refractivity (Wildman–Crippen MR) is 79.8 cm³/mol. The Kier molecular flexibility index (Phi) is 4.41. The number of nitrogens with zero attached hydrogens (tertiary/aromatic N) is 2. The fourth-order valence-corrected chi connectivity index (χ4v) is 3.03. The molecule has 0 radical (unpaired) electrons. The molecule has 3 rings (SSSR count). The molecule has 1 aromatic heterocycles. The Bertz CT molecular complexity index is 694. The number of likely N-dealkylation sites (tertiary alicyclic amines) is 1. The molecule has 1 amide bonds. The second-order valence-electron chi connectivity index (χ2n) is 5.83. The number of rotatable bonds is 2. The summed E-state index contributed by atoms with van der Waals surface area (Å²) < 4.78 is 33.2. The van der Waals surface area contributed by atoms with Crippen LogP contribution in [0.2, 0.25) is 0 Å². The fourth-order valence-electron chi connectivity index (χ4n) is 3.03. The molecule has 0 aliphatic carbocycles. The number of benzene rings is 1. The first-order valence-electron chi connectivity index (χ1n) is 7.76. The molecule has 0 N–H and O–H groups in total. The summed E-state index contributed by atoms with van der Waals surface area (Å²) in [7, 11) is 0. The van der Waals surface area contributed by atoms with E-state index in [0.717, 1.165) is 31.4 Å². The lowest BCUT2D eigenvalue weighted by atomic mass is 10.1. The van der Waals surface area contributed by atoms with Crippen molar-refractivity contribution in [3.8, 4) is 0 Å². The van der Waals surface area contributed by atoms with Gasteiger partial charge in [-0.15, -0.1) is 0 Å². The normalized spacial score (nSPS) is 18.7. The molecule has 4 nitrogen and oxygen atoms in total. The molecular formula is C17H18F2N2O2. The average molecular weight is 320 g/mol. The van der Waals surface area contributed by atoms with Crippen LogP contribution in [0.3, 0.4) is 0 Å². The Hall–Kier alpha value is -2.24. The van der Waals surface area contributed by atoms with Gasteiger partial charge < -0.3 is 9.42 Å². The molecule has 1 aliphatic rings. The number of halogens is 2. The van der Waals surface area contributed by atoms with Crippen LogP contribution in [-0.2, 0) is 0 Å². The van der Waals surface area contributed by atoms with E-state index < -0.39 is 23.1 Å². The molecule has 0 saturated carbocycles. The highest BCUT2D eigenvalue weighted by atomic mass is 19.1. The highest BCUT2D eigenvalue weighted by Gasteiger charge is 2.32. The molecule has 1 aromatic carbocycles. The van der Waals surface area contributed by atoms with Crippen molar-refractivity contribution < 1.29 is 18.1 Å². The number of carbonyl (C=O) groups is 1. The van der Waals surface area contributed by atoms with Gasteiger partial charge >= 0.3 is 0 Å². The zero-order valence-corrected chi connectivity index (χ0v) is 12.9. The minimum absolute atomic E-state index is 0.342. The SMILES string of the molecule is Cc1cc([C@@H]2CCCCCN2C(=O)c2c(F)cccc2F)on1. The number of aromatic nitrogens is 1. The molecule has 2 aromatic rings. The van der Waals surface area contributed by atoms with Gasteiger partial charge in [0.05, 0.1) is 11.7 Å². The zero-order valence-electron chi connectivity index (χ0n) is 12.9. The van der Waals surface area contributed by atoms with Crippen LogP contribution in [0.1, 0.15) is 53.5 Å². The number of hydrogen-bond donors (Lipinski definition) is 0. The van der Waals surface area contributed by atoms with E-state index in [1.54, 1.807) is 13.0 Å². The van der Waals surface area contributed by atoms with Crippen molar-refractivity contribution >= 4 is 5.91 Å². The van der Waals surface area contributed by atoms with Crippen LogP contribution in [0, 0.1) is 18.6 Å². The first kappa shape index (κ1) is 15.6. The third-order valence-electron chi connectivity index (χ3n) is 4.16. The highest BCUT2D eigenvalue weighted by Crippen LogP contribution is 2.32. The van der Waals surface area contributed by atoms with Crippen LogP contribution in [-0.4, -0.2) is 22.5 Å². The van der Waals surface area contributed by atoms with Crippen molar-refractivity contribution in [3.05, 3.63) is 52.9 Å². The molecular weight excluding hydrogens is 302 g/mol. The van der Waals surface area contributed by atoms with Crippen molar-refractivity contribution in [2.75, 3.05) is 6.54 Å². The minimum Gasteiger partial charge on any atom is -0.359 e. The Morgan fingerprint density at radius 3 is 2.65 bits per heavy atom. The molecule has 6 heteroatoms. The summed E-state index contributed by atoms with van der Waals surface area (Å²) in [6, 6.07) is 4.88. The van der Waals surface area contributed by atoms with E-state index in [1.807, 2.05) is 0 Å². The molecule has 1 saturated heterocycles. The molecule has 1 aliphatic heterocycles. The number of amides is 1. The number of aryl methyl sites for hydroxylation is 1. The van der Waals surface area contributed by atoms with Crippen molar-refractivity contribution in [1.82, 2.24) is 10.1 Å². The van der Waals surface area contributed by atoms with Gasteiger partial charge in [-0.3, -0.25) is 4.79 Å². The molecule has 122 valence electrons. The van der Waals surface area contributed by atoms with Gasteiger partial charge in [0.2, 0.25) is 0 Å². The van der Waals surface area contributed by atoms with Gasteiger partial charge in [-0.05, 0) is 31.9 Å². The lowest BCUT2D eigenvalue weighted by Gasteiger charge is -2.28. The average Bonchev–Trinajstić information content (AvgIpc) is 2.80. The van der Waals surface area contributed by atoms with Crippen LogP contribution in [0.5, 0.6) is 0 Å². The van der Waals surface area contributed by atoms with Crippen molar-refractivity contribution in [2.45, 2.75) is 38.6 Å². The van der Waals surface area contributed by atoms with Gasteiger partial charge in [0.15, 0.2) is 5.76 Å². The smallest absolute Gasteiger partial charge is 0.260 e. The third kappa shape index (κ3) is 3.11. The maximum atomic E-state index is 14.0. The van der Waals surface area contributed by atoms with Crippen LogP contribution < -0.4 is 0 Å². The maximum Gasteiger partial charge on any atom is 0.260 e. The lowest BCUT2D eigenvalue weighted by molar-refractivity contribution is 0.0641. The molecule has 0 unspecified atom stereocenters. The maximum absolute atomic E-state index is 14.0. The summed E-state index contributed by atoms with van der Waals surface area (Å²) in [5, 5.41) is 3.86. The van der Waals surface area contributed by atoms with Gasteiger partial charge in [-0.2, -0.15) is 0 Å². The summed E-state index contributed by atoms with van der Waals surface area (Å²) in [5.74, 6) is -1.76. The quantitative estimate of drug-likeness (QED) is 0.839. The van der Waals surface area contributed by atoms with Gasteiger partial charge in [0.1, 0.15) is 17.2 Å². The zero-order chi connectivity index (χ0) is 16.4. The molecule has 23 heavy (non-hydrogen) atoms. The molecule has 0 bridgehead atoms. The van der Waals surface area contributed by atoms with E-state index in [2.05, 4.69) is 5.16 Å². The third-order valence-corrected chi connectivity index (χ3v) is 4.16. The molecule has 0 spiro atoms. The second-order valence-corrected chi connectivity index (χ2v) is 5.83. The Morgan fingerprint density at radius 2 is 2.00 bits per heavy atom. The lowest BCUT2D eigenvalue weighted by Crippen LogP contribution is -2.35. The number of hydrogen-bond acceptors (Lipinski definition) is 3. The van der Waals surface area contributed by atoms with Crippen molar-refractivity contribution in [2.24, 2.45) is 0 Å². The van der Waals surface area contributed by atoms with Gasteiger partial charge in [-0.1, -0.05) is 24.1 Å². The largest absolute Gasteiger partial charge is 0.359 e. The van der Waals surface area contributed by atoms with Crippen LogP contribution in [0.25, 0.3) is 0 Å². The molecule has 1 fully saturated rings. The summed E-state index contributed by atoms with van der Waals surface area (Å²) in [4.78, 5) is 14.3. The molecule has 2 heterocycles. The van der Waals surface area contributed by atoms with E-state index in [0.29, 0.717) is 24.4 Å². The van der Waals surface area contributed by atoms with E-state index in [1.165, 1.54) is 11.0 Å².